The van der Waals surface area contributed by atoms with E-state index in [0.29, 0.717) is 12.1 Å². The van der Waals surface area contributed by atoms with Crippen LogP contribution in [0.15, 0.2) is 12.4 Å². The Morgan fingerprint density at radius 3 is 2.89 bits per heavy atom. The first-order valence-corrected chi connectivity index (χ1v) is 7.83. The Labute approximate surface area is 115 Å². The van der Waals surface area contributed by atoms with Crippen LogP contribution in [0.3, 0.4) is 0 Å². The van der Waals surface area contributed by atoms with E-state index >= 15 is 0 Å². The van der Waals surface area contributed by atoms with Gasteiger partial charge in [-0.2, -0.15) is 0 Å². The number of aromatic amines is 1. The van der Waals surface area contributed by atoms with Crippen LogP contribution in [0.5, 0.6) is 0 Å². The molecule has 1 aliphatic carbocycles. The standard InChI is InChI=1S/C15H26N4/c1-11(15-17-9-10-18-15)19-14-6-3-2-5-12(14)13-7-4-8-16-13/h9-14,16,19H,2-8H2,1H3,(H,17,18). The fourth-order valence-electron chi connectivity index (χ4n) is 3.84. The molecule has 2 heterocycles. The normalized spacial score (nSPS) is 33.4. The highest BCUT2D eigenvalue weighted by Gasteiger charge is 2.33. The molecule has 2 aliphatic rings. The highest BCUT2D eigenvalue weighted by molar-refractivity contribution is 4.98. The van der Waals surface area contributed by atoms with Crippen molar-refractivity contribution in [2.75, 3.05) is 6.54 Å². The van der Waals surface area contributed by atoms with E-state index in [-0.39, 0.29) is 0 Å². The van der Waals surface area contributed by atoms with Gasteiger partial charge in [0, 0.05) is 24.5 Å². The summed E-state index contributed by atoms with van der Waals surface area (Å²) in [4.78, 5) is 7.59. The third-order valence-corrected chi connectivity index (χ3v) is 4.83. The summed E-state index contributed by atoms with van der Waals surface area (Å²) < 4.78 is 0. The SMILES string of the molecule is CC(NC1CCCCC1C1CCCN1)c1ncc[nH]1. The molecular weight excluding hydrogens is 236 g/mol. The van der Waals surface area contributed by atoms with Crippen molar-refractivity contribution in [2.45, 2.75) is 63.6 Å². The molecule has 1 saturated heterocycles. The zero-order chi connectivity index (χ0) is 13.1. The molecule has 4 atom stereocenters. The first-order valence-electron chi connectivity index (χ1n) is 7.83. The number of nitrogens with zero attached hydrogens (tertiary/aromatic N) is 1. The first kappa shape index (κ1) is 13.1. The molecule has 106 valence electrons. The predicted octanol–water partition coefficient (Wildman–Crippen LogP) is 2.37. The molecule has 3 rings (SSSR count). The molecule has 0 radical (unpaired) electrons. The van der Waals surface area contributed by atoms with Crippen LogP contribution in [0, 0.1) is 5.92 Å². The van der Waals surface area contributed by atoms with E-state index in [4.69, 9.17) is 0 Å². The largest absolute Gasteiger partial charge is 0.347 e. The summed E-state index contributed by atoms with van der Waals surface area (Å²) in [6.07, 6.45) is 11.9. The van der Waals surface area contributed by atoms with E-state index in [0.717, 1.165) is 17.8 Å². The Kier molecular flexibility index (Phi) is 4.18. The van der Waals surface area contributed by atoms with Crippen molar-refractivity contribution in [1.82, 2.24) is 20.6 Å². The second kappa shape index (κ2) is 6.06. The number of imidazole rings is 1. The van der Waals surface area contributed by atoms with Crippen LogP contribution in [-0.2, 0) is 0 Å². The van der Waals surface area contributed by atoms with Crippen molar-refractivity contribution in [3.05, 3.63) is 18.2 Å². The van der Waals surface area contributed by atoms with Crippen molar-refractivity contribution in [3.8, 4) is 0 Å². The topological polar surface area (TPSA) is 52.7 Å². The highest BCUT2D eigenvalue weighted by atomic mass is 15.0. The van der Waals surface area contributed by atoms with Gasteiger partial charge in [-0.15, -0.1) is 0 Å². The van der Waals surface area contributed by atoms with Gasteiger partial charge in [-0.1, -0.05) is 12.8 Å². The third-order valence-electron chi connectivity index (χ3n) is 4.83. The molecule has 2 fully saturated rings. The van der Waals surface area contributed by atoms with Gasteiger partial charge in [0.1, 0.15) is 5.82 Å². The van der Waals surface area contributed by atoms with Gasteiger partial charge in [0.05, 0.1) is 6.04 Å². The minimum absolute atomic E-state index is 0.321. The Bertz CT molecular complexity index is 370. The van der Waals surface area contributed by atoms with Crippen molar-refractivity contribution in [1.29, 1.82) is 0 Å². The maximum absolute atomic E-state index is 4.37. The summed E-state index contributed by atoms with van der Waals surface area (Å²) in [7, 11) is 0. The molecule has 0 bridgehead atoms. The lowest BCUT2D eigenvalue weighted by molar-refractivity contribution is 0.202. The monoisotopic (exact) mass is 262 g/mol. The smallest absolute Gasteiger partial charge is 0.122 e. The fourth-order valence-corrected chi connectivity index (χ4v) is 3.84. The van der Waals surface area contributed by atoms with Crippen LogP contribution >= 0.6 is 0 Å². The molecule has 3 N–H and O–H groups in total. The fraction of sp³-hybridized carbons (Fsp3) is 0.800. The molecule has 1 aromatic heterocycles. The molecule has 4 heteroatoms. The second-order valence-electron chi connectivity index (χ2n) is 6.12. The summed E-state index contributed by atoms with van der Waals surface area (Å²) in [6.45, 7) is 3.42. The van der Waals surface area contributed by atoms with Crippen molar-refractivity contribution in [2.24, 2.45) is 5.92 Å². The second-order valence-corrected chi connectivity index (χ2v) is 6.12. The van der Waals surface area contributed by atoms with Crippen molar-refractivity contribution >= 4 is 0 Å². The van der Waals surface area contributed by atoms with Crippen LogP contribution in [0.25, 0.3) is 0 Å². The Morgan fingerprint density at radius 1 is 1.26 bits per heavy atom. The van der Waals surface area contributed by atoms with Crippen LogP contribution in [0.2, 0.25) is 0 Å². The Morgan fingerprint density at radius 2 is 2.16 bits per heavy atom. The number of hydrogen-bond acceptors (Lipinski definition) is 3. The maximum atomic E-state index is 4.37. The molecule has 1 aliphatic heterocycles. The minimum Gasteiger partial charge on any atom is -0.347 e. The minimum atomic E-state index is 0.321. The van der Waals surface area contributed by atoms with E-state index in [1.807, 2.05) is 12.4 Å². The lowest BCUT2D eigenvalue weighted by Crippen LogP contribution is -2.47. The molecule has 4 nitrogen and oxygen atoms in total. The third kappa shape index (κ3) is 3.00. The average Bonchev–Trinajstić information content (AvgIpc) is 3.13. The van der Waals surface area contributed by atoms with E-state index < -0.39 is 0 Å². The number of aromatic nitrogens is 2. The van der Waals surface area contributed by atoms with E-state index in [2.05, 4.69) is 27.5 Å². The maximum Gasteiger partial charge on any atom is 0.122 e. The summed E-state index contributed by atoms with van der Waals surface area (Å²) in [5, 5.41) is 7.52. The molecular formula is C15H26N4. The van der Waals surface area contributed by atoms with E-state index in [1.165, 1.54) is 45.1 Å². The molecule has 19 heavy (non-hydrogen) atoms. The summed E-state index contributed by atoms with van der Waals surface area (Å²) >= 11 is 0. The average molecular weight is 262 g/mol. The molecule has 0 spiro atoms. The number of hydrogen-bond donors (Lipinski definition) is 3. The first-order chi connectivity index (χ1) is 9.34. The number of nitrogens with one attached hydrogen (secondary N) is 3. The zero-order valence-corrected chi connectivity index (χ0v) is 11.9. The van der Waals surface area contributed by atoms with Crippen LogP contribution in [-0.4, -0.2) is 28.6 Å². The quantitative estimate of drug-likeness (QED) is 0.781. The molecule has 1 aromatic rings. The van der Waals surface area contributed by atoms with Gasteiger partial charge < -0.3 is 15.6 Å². The van der Waals surface area contributed by atoms with Gasteiger partial charge in [0.2, 0.25) is 0 Å². The molecule has 1 saturated carbocycles. The predicted molar refractivity (Wildman–Crippen MR) is 76.9 cm³/mol. The van der Waals surface area contributed by atoms with Gasteiger partial charge in [0.25, 0.3) is 0 Å². The van der Waals surface area contributed by atoms with Gasteiger partial charge >= 0.3 is 0 Å². The van der Waals surface area contributed by atoms with Crippen molar-refractivity contribution in [3.63, 3.8) is 0 Å². The lowest BCUT2D eigenvalue weighted by Gasteiger charge is -2.37. The zero-order valence-electron chi connectivity index (χ0n) is 11.9. The molecule has 0 amide bonds. The number of rotatable bonds is 4. The van der Waals surface area contributed by atoms with Gasteiger partial charge in [-0.25, -0.2) is 4.98 Å². The number of H-pyrrole nitrogens is 1. The summed E-state index contributed by atoms with van der Waals surface area (Å²) in [5.41, 5.74) is 0. The lowest BCUT2D eigenvalue weighted by atomic mass is 9.79. The van der Waals surface area contributed by atoms with E-state index in [1.54, 1.807) is 0 Å². The van der Waals surface area contributed by atoms with Gasteiger partial charge in [-0.05, 0) is 45.1 Å². The van der Waals surface area contributed by atoms with Gasteiger partial charge in [0.15, 0.2) is 0 Å². The van der Waals surface area contributed by atoms with Crippen LogP contribution in [0.4, 0.5) is 0 Å². The highest BCUT2D eigenvalue weighted by Crippen LogP contribution is 2.31. The van der Waals surface area contributed by atoms with Crippen LogP contribution < -0.4 is 10.6 Å². The Balaban J connectivity index is 1.63. The molecule has 4 unspecified atom stereocenters. The summed E-state index contributed by atoms with van der Waals surface area (Å²) in [5.74, 6) is 1.86. The van der Waals surface area contributed by atoms with Gasteiger partial charge in [-0.3, -0.25) is 0 Å². The molecule has 0 aromatic carbocycles. The van der Waals surface area contributed by atoms with Crippen molar-refractivity contribution < 1.29 is 0 Å². The Hall–Kier alpha value is -0.870. The summed E-state index contributed by atoms with van der Waals surface area (Å²) in [6, 6.07) is 1.70. The van der Waals surface area contributed by atoms with Crippen LogP contribution in [0.1, 0.15) is 57.3 Å². The van der Waals surface area contributed by atoms with E-state index in [9.17, 15) is 0 Å².